The number of fused-ring (bicyclic) bond motifs is 2. The number of benzene rings is 6. The van der Waals surface area contributed by atoms with Gasteiger partial charge < -0.3 is 4.90 Å². The standard InChI is InChI=1S/C44H34N2S/c1-2-28-46-39-20-12-13-21-41(39)47-42-30-32(22-27-40(42)46)29-38(31-45)33-23-25-37(26-24-33)44(36-18-10-5-11-19-36)43(34-14-6-3-7-15-34)35-16-8-4-9-17-35/h3-27,29-30H,2,28H2,1H3/b38-29+. The van der Waals surface area contributed by atoms with E-state index in [2.05, 4.69) is 176 Å². The number of rotatable bonds is 8. The summed E-state index contributed by atoms with van der Waals surface area (Å²) in [6.45, 7) is 3.18. The Hall–Kier alpha value is -5.56. The molecule has 226 valence electrons. The van der Waals surface area contributed by atoms with Crippen LogP contribution in [0, 0.1) is 11.3 Å². The molecule has 0 amide bonds. The maximum Gasteiger partial charge on any atom is 0.0998 e. The van der Waals surface area contributed by atoms with Crippen LogP contribution < -0.4 is 4.90 Å². The van der Waals surface area contributed by atoms with Gasteiger partial charge in [-0.2, -0.15) is 5.26 Å². The van der Waals surface area contributed by atoms with E-state index in [4.69, 9.17) is 0 Å². The summed E-state index contributed by atoms with van der Waals surface area (Å²) in [5.74, 6) is 0. The number of nitrogens with zero attached hydrogens (tertiary/aromatic N) is 2. The summed E-state index contributed by atoms with van der Waals surface area (Å²) in [6, 6.07) is 57.8. The summed E-state index contributed by atoms with van der Waals surface area (Å²) in [4.78, 5) is 4.89. The van der Waals surface area contributed by atoms with Gasteiger partial charge in [-0.05, 0) is 81.3 Å². The Morgan fingerprint density at radius 1 is 0.574 bits per heavy atom. The molecular weight excluding hydrogens is 589 g/mol. The molecule has 1 heterocycles. The van der Waals surface area contributed by atoms with E-state index in [1.165, 1.54) is 26.7 Å². The fraction of sp³-hybridized carbons (Fsp3) is 0.0682. The molecule has 3 heteroatoms. The van der Waals surface area contributed by atoms with E-state index >= 15 is 0 Å². The Balaban J connectivity index is 1.28. The predicted molar refractivity (Wildman–Crippen MR) is 199 cm³/mol. The van der Waals surface area contributed by atoms with Crippen molar-refractivity contribution in [3.63, 3.8) is 0 Å². The quantitative estimate of drug-likeness (QED) is 0.125. The van der Waals surface area contributed by atoms with E-state index in [0.29, 0.717) is 5.57 Å². The van der Waals surface area contributed by atoms with Crippen molar-refractivity contribution in [3.8, 4) is 6.07 Å². The third-order valence-corrected chi connectivity index (χ3v) is 9.56. The first-order chi connectivity index (χ1) is 23.2. The molecule has 0 unspecified atom stereocenters. The van der Waals surface area contributed by atoms with Crippen LogP contribution in [0.15, 0.2) is 168 Å². The van der Waals surface area contributed by atoms with Crippen molar-refractivity contribution in [1.29, 1.82) is 5.26 Å². The van der Waals surface area contributed by atoms with Crippen LogP contribution >= 0.6 is 11.8 Å². The average molecular weight is 623 g/mol. The number of hydrogen-bond acceptors (Lipinski definition) is 3. The lowest BCUT2D eigenvalue weighted by Crippen LogP contribution is -2.21. The fourth-order valence-electron chi connectivity index (χ4n) is 6.29. The average Bonchev–Trinajstić information content (AvgIpc) is 3.14. The molecule has 0 saturated heterocycles. The Kier molecular flexibility index (Phi) is 8.86. The SMILES string of the molecule is CCCN1c2ccccc2Sc2cc(/C=C(\C#N)c3ccc(C(=C(c4ccccc4)c4ccccc4)c4ccccc4)cc3)ccc21. The van der Waals surface area contributed by atoms with Crippen LogP contribution in [0.5, 0.6) is 0 Å². The van der Waals surface area contributed by atoms with Crippen molar-refractivity contribution < 1.29 is 0 Å². The summed E-state index contributed by atoms with van der Waals surface area (Å²) in [6.07, 6.45) is 3.07. The Morgan fingerprint density at radius 3 is 1.62 bits per heavy atom. The van der Waals surface area contributed by atoms with E-state index in [1.807, 2.05) is 6.08 Å². The van der Waals surface area contributed by atoms with Crippen LogP contribution in [-0.2, 0) is 0 Å². The molecule has 0 saturated carbocycles. The van der Waals surface area contributed by atoms with Crippen molar-refractivity contribution in [2.75, 3.05) is 11.4 Å². The van der Waals surface area contributed by atoms with E-state index in [-0.39, 0.29) is 0 Å². The molecule has 0 spiro atoms. The molecule has 6 aromatic carbocycles. The van der Waals surface area contributed by atoms with Gasteiger partial charge in [-0.1, -0.05) is 152 Å². The van der Waals surface area contributed by atoms with Crippen molar-refractivity contribution in [2.45, 2.75) is 23.1 Å². The van der Waals surface area contributed by atoms with E-state index < -0.39 is 0 Å². The number of allylic oxidation sites excluding steroid dienone is 1. The van der Waals surface area contributed by atoms with Crippen LogP contribution in [0.1, 0.15) is 46.7 Å². The van der Waals surface area contributed by atoms with Crippen LogP contribution in [0.2, 0.25) is 0 Å². The van der Waals surface area contributed by atoms with E-state index in [9.17, 15) is 5.26 Å². The molecule has 0 bridgehead atoms. The third kappa shape index (κ3) is 6.29. The van der Waals surface area contributed by atoms with Crippen LogP contribution in [0.3, 0.4) is 0 Å². The highest BCUT2D eigenvalue weighted by Crippen LogP contribution is 2.48. The van der Waals surface area contributed by atoms with Gasteiger partial charge in [0, 0.05) is 16.3 Å². The van der Waals surface area contributed by atoms with E-state index in [1.54, 1.807) is 11.8 Å². The minimum absolute atomic E-state index is 0.639. The van der Waals surface area contributed by atoms with Gasteiger partial charge in [0.05, 0.1) is 23.0 Å². The summed E-state index contributed by atoms with van der Waals surface area (Å²) < 4.78 is 0. The molecule has 7 rings (SSSR count). The number of hydrogen-bond donors (Lipinski definition) is 0. The Labute approximate surface area is 282 Å². The normalized spacial score (nSPS) is 12.1. The Bertz CT molecular complexity index is 2060. The van der Waals surface area contributed by atoms with Gasteiger partial charge in [-0.25, -0.2) is 0 Å². The molecule has 1 aliphatic rings. The lowest BCUT2D eigenvalue weighted by molar-refractivity contribution is 0.866. The molecule has 0 aliphatic carbocycles. The first-order valence-electron chi connectivity index (χ1n) is 16.0. The van der Waals surface area contributed by atoms with Gasteiger partial charge in [-0.3, -0.25) is 0 Å². The molecule has 0 N–H and O–H groups in total. The van der Waals surface area contributed by atoms with Crippen LogP contribution in [0.4, 0.5) is 11.4 Å². The molecule has 0 radical (unpaired) electrons. The predicted octanol–water partition coefficient (Wildman–Crippen LogP) is 11.8. The highest BCUT2D eigenvalue weighted by molar-refractivity contribution is 7.99. The smallest absolute Gasteiger partial charge is 0.0998 e. The molecule has 0 aromatic heterocycles. The summed E-state index contributed by atoms with van der Waals surface area (Å²) in [5, 5.41) is 10.3. The molecule has 6 aromatic rings. The second kappa shape index (κ2) is 13.8. The lowest BCUT2D eigenvalue weighted by Gasteiger charge is -2.32. The fourth-order valence-corrected chi connectivity index (χ4v) is 7.44. The topological polar surface area (TPSA) is 27.0 Å². The van der Waals surface area contributed by atoms with Crippen LogP contribution in [0.25, 0.3) is 22.8 Å². The largest absolute Gasteiger partial charge is 0.340 e. The zero-order valence-corrected chi connectivity index (χ0v) is 27.1. The number of nitriles is 1. The second-order valence-electron chi connectivity index (χ2n) is 11.5. The van der Waals surface area contributed by atoms with Crippen molar-refractivity contribution in [3.05, 3.63) is 191 Å². The summed E-state index contributed by atoms with van der Waals surface area (Å²) >= 11 is 1.80. The maximum absolute atomic E-state index is 10.3. The second-order valence-corrected chi connectivity index (χ2v) is 12.6. The van der Waals surface area contributed by atoms with Gasteiger partial charge >= 0.3 is 0 Å². The zero-order chi connectivity index (χ0) is 32.0. The highest BCUT2D eigenvalue weighted by Gasteiger charge is 2.23. The van der Waals surface area contributed by atoms with E-state index in [0.717, 1.165) is 51.9 Å². The highest BCUT2D eigenvalue weighted by atomic mass is 32.2. The molecule has 2 nitrogen and oxygen atoms in total. The first kappa shape index (κ1) is 30.1. The molecular formula is C44H34N2S. The summed E-state index contributed by atoms with van der Waals surface area (Å²) in [7, 11) is 0. The number of para-hydroxylation sites is 1. The van der Waals surface area contributed by atoms with Gasteiger partial charge in [-0.15, -0.1) is 0 Å². The zero-order valence-electron chi connectivity index (χ0n) is 26.3. The minimum atomic E-state index is 0.639. The van der Waals surface area contributed by atoms with Gasteiger partial charge in [0.25, 0.3) is 0 Å². The third-order valence-electron chi connectivity index (χ3n) is 8.45. The molecule has 0 atom stereocenters. The molecule has 0 fully saturated rings. The minimum Gasteiger partial charge on any atom is -0.340 e. The summed E-state index contributed by atoms with van der Waals surface area (Å²) in [5.41, 5.74) is 11.9. The van der Waals surface area contributed by atoms with Crippen molar-refractivity contribution >= 4 is 45.9 Å². The maximum atomic E-state index is 10.3. The monoisotopic (exact) mass is 622 g/mol. The first-order valence-corrected chi connectivity index (χ1v) is 16.9. The Morgan fingerprint density at radius 2 is 1.06 bits per heavy atom. The lowest BCUT2D eigenvalue weighted by atomic mass is 9.85. The van der Waals surface area contributed by atoms with Gasteiger partial charge in [0.15, 0.2) is 0 Å². The van der Waals surface area contributed by atoms with Gasteiger partial charge in [0.2, 0.25) is 0 Å². The molecule has 1 aliphatic heterocycles. The van der Waals surface area contributed by atoms with Crippen molar-refractivity contribution in [2.24, 2.45) is 0 Å². The van der Waals surface area contributed by atoms with Gasteiger partial charge in [0.1, 0.15) is 0 Å². The van der Waals surface area contributed by atoms with Crippen molar-refractivity contribution in [1.82, 2.24) is 0 Å². The number of anilines is 2. The van der Waals surface area contributed by atoms with Crippen LogP contribution in [-0.4, -0.2) is 6.54 Å². The molecule has 47 heavy (non-hydrogen) atoms.